The average Bonchev–Trinajstić information content (AvgIpc) is 0.811. The Morgan fingerprint density at radius 2 is 1.40 bits per heavy atom. The van der Waals surface area contributed by atoms with E-state index in [1.54, 1.807) is 0 Å². The molecular weight excluding hydrogens is 200 g/mol. The second-order valence-corrected chi connectivity index (χ2v) is 0.874. The summed E-state index contributed by atoms with van der Waals surface area (Å²) in [6, 6.07) is 0. The van der Waals surface area contributed by atoms with Crippen molar-refractivity contribution in [2.24, 2.45) is 11.5 Å². The van der Waals surface area contributed by atoms with Gasteiger partial charge >= 0.3 is 0 Å². The third-order valence-corrected chi connectivity index (χ3v) is 0. The Labute approximate surface area is 52.6 Å². The predicted molar refractivity (Wildman–Crippen MR) is 26.7 cm³/mol. The zero-order valence-corrected chi connectivity index (χ0v) is 5.62. The third kappa shape index (κ3) is 120. The minimum Gasteiger partial charge on any atom is -0.377 e. The molecule has 0 saturated carbocycles. The smallest absolute Gasteiger partial charge is 0.160 e. The predicted octanol–water partition coefficient (Wildman–Crippen LogP) is -1.19. The second-order valence-electron chi connectivity index (χ2n) is 0.402. The molecule has 0 spiro atoms. The van der Waals surface area contributed by atoms with Crippen molar-refractivity contribution >= 4 is 41.0 Å². The van der Waals surface area contributed by atoms with Gasteiger partial charge in [-0.15, -0.1) is 0 Å². The van der Waals surface area contributed by atoms with Gasteiger partial charge in [0, 0.05) is 23.7 Å². The minimum atomic E-state index is 0. The molecular formula is CH4N2STe. The first-order chi connectivity index (χ1) is 1.73. The molecule has 0 aliphatic carbocycles. The van der Waals surface area contributed by atoms with E-state index in [0.29, 0.717) is 0 Å². The van der Waals surface area contributed by atoms with Crippen LogP contribution in [0.2, 0.25) is 0 Å². The molecule has 0 bridgehead atoms. The molecule has 0 aromatic heterocycles. The molecule has 30 valence electrons. The second kappa shape index (κ2) is 4.48. The molecule has 0 atom stereocenters. The fraction of sp³-hybridized carbons (Fsp3) is 0. The van der Waals surface area contributed by atoms with Crippen LogP contribution in [0.15, 0.2) is 0 Å². The maximum atomic E-state index is 4.62. The van der Waals surface area contributed by atoms with Crippen molar-refractivity contribution in [1.82, 2.24) is 0 Å². The van der Waals surface area contributed by atoms with E-state index in [1.807, 2.05) is 0 Å². The van der Waals surface area contributed by atoms with E-state index in [-0.39, 0.29) is 28.8 Å². The van der Waals surface area contributed by atoms with Crippen LogP contribution in [0.25, 0.3) is 0 Å². The van der Waals surface area contributed by atoms with Crippen LogP contribution in [0.4, 0.5) is 0 Å². The molecule has 0 amide bonds. The van der Waals surface area contributed by atoms with Crippen molar-refractivity contribution in [1.29, 1.82) is 0 Å². The van der Waals surface area contributed by atoms with Gasteiger partial charge in [0.1, 0.15) is 0 Å². The van der Waals surface area contributed by atoms with Crippen LogP contribution in [0.1, 0.15) is 0 Å². The van der Waals surface area contributed by atoms with E-state index >= 15 is 0 Å². The summed E-state index contributed by atoms with van der Waals surface area (Å²) in [7, 11) is 0. The fourth-order valence-electron chi connectivity index (χ4n) is 0. The van der Waals surface area contributed by atoms with E-state index in [1.165, 1.54) is 0 Å². The van der Waals surface area contributed by atoms with Gasteiger partial charge in [-0.05, 0) is 12.2 Å². The van der Waals surface area contributed by atoms with Gasteiger partial charge in [-0.3, -0.25) is 0 Å². The standard InChI is InChI=1S/CH4N2S.Te/c2-1(3)4;/h(H4,2,3,4);. The van der Waals surface area contributed by atoms with Crippen molar-refractivity contribution in [2.75, 3.05) is 0 Å². The van der Waals surface area contributed by atoms with Crippen molar-refractivity contribution in [3.8, 4) is 0 Å². The Kier molecular flexibility index (Phi) is 8.14. The van der Waals surface area contributed by atoms with Gasteiger partial charge in [0.05, 0.1) is 0 Å². The summed E-state index contributed by atoms with van der Waals surface area (Å²) in [5, 5.41) is 0.000000000000000222. The van der Waals surface area contributed by atoms with Gasteiger partial charge in [-0.25, -0.2) is 0 Å². The monoisotopic (exact) mass is 206 g/mol. The molecule has 0 rings (SSSR count). The molecule has 2 radical (unpaired) electrons. The number of nitrogens with two attached hydrogens (primary N) is 2. The zero-order valence-electron chi connectivity index (χ0n) is 2.47. The summed E-state index contributed by atoms with van der Waals surface area (Å²) in [6.45, 7) is 0. The molecule has 0 saturated heterocycles. The first kappa shape index (κ1) is 9.08. The van der Waals surface area contributed by atoms with Crippen LogP contribution < -0.4 is 11.5 Å². The van der Waals surface area contributed by atoms with E-state index in [9.17, 15) is 0 Å². The van der Waals surface area contributed by atoms with Gasteiger partial charge < -0.3 is 11.5 Å². The molecule has 4 N–H and O–H groups in total. The summed E-state index contributed by atoms with van der Waals surface area (Å²) in [5.41, 5.74) is 9.24. The molecule has 0 unspecified atom stereocenters. The van der Waals surface area contributed by atoms with E-state index in [2.05, 4.69) is 23.7 Å². The summed E-state index contributed by atoms with van der Waals surface area (Å²) in [5.74, 6) is 0. The number of thiocarbonyl (C=S) groups is 1. The van der Waals surface area contributed by atoms with E-state index in [4.69, 9.17) is 0 Å². The molecule has 2 nitrogen and oxygen atoms in total. The van der Waals surface area contributed by atoms with Crippen molar-refractivity contribution in [3.63, 3.8) is 0 Å². The molecule has 4 heteroatoms. The van der Waals surface area contributed by atoms with E-state index in [0.717, 1.165) is 0 Å². The van der Waals surface area contributed by atoms with Crippen LogP contribution in [0.3, 0.4) is 0 Å². The molecule has 0 heterocycles. The van der Waals surface area contributed by atoms with Gasteiger partial charge in [-0.2, -0.15) is 0 Å². The van der Waals surface area contributed by atoms with Crippen molar-refractivity contribution in [2.45, 2.75) is 0 Å². The maximum absolute atomic E-state index is 4.62. The first-order valence-electron chi connectivity index (χ1n) is 0.781. The number of hydrogen-bond donors (Lipinski definition) is 2. The molecule has 0 aromatic carbocycles. The molecule has 0 aromatic rings. The van der Waals surface area contributed by atoms with Crippen molar-refractivity contribution < 1.29 is 0 Å². The van der Waals surface area contributed by atoms with Gasteiger partial charge in [0.25, 0.3) is 0 Å². The summed E-state index contributed by atoms with van der Waals surface area (Å²) >= 11 is 4.09. The van der Waals surface area contributed by atoms with E-state index < -0.39 is 0 Å². The Morgan fingerprint density at radius 1 is 1.40 bits per heavy atom. The maximum Gasteiger partial charge on any atom is 0.160 e. The van der Waals surface area contributed by atoms with Gasteiger partial charge in [-0.1, -0.05) is 0 Å². The third-order valence-electron chi connectivity index (χ3n) is 0. The Bertz CT molecular complexity index is 32.6. The quantitative estimate of drug-likeness (QED) is 0.385. The largest absolute Gasteiger partial charge is 0.377 e. The summed E-state index contributed by atoms with van der Waals surface area (Å²) in [4.78, 5) is 0. The van der Waals surface area contributed by atoms with Crippen LogP contribution in [0, 0.1) is 0 Å². The van der Waals surface area contributed by atoms with Crippen LogP contribution >= 0.6 is 12.2 Å². The minimum absolute atomic E-state index is 0. The van der Waals surface area contributed by atoms with Gasteiger partial charge in [0.2, 0.25) is 0 Å². The summed E-state index contributed by atoms with van der Waals surface area (Å²) in [6.07, 6.45) is 0. The van der Waals surface area contributed by atoms with Gasteiger partial charge in [0.15, 0.2) is 5.11 Å². The Balaban J connectivity index is 0. The Hall–Kier alpha value is 0.480. The topological polar surface area (TPSA) is 52.0 Å². The zero-order chi connectivity index (χ0) is 3.58. The van der Waals surface area contributed by atoms with Crippen LogP contribution in [-0.2, 0) is 0 Å². The average molecular weight is 204 g/mol. The van der Waals surface area contributed by atoms with Crippen LogP contribution in [0.5, 0.6) is 0 Å². The molecule has 0 aliphatic rings. The SMILES string of the molecule is NC(N)=S.[Te]. The van der Waals surface area contributed by atoms with Crippen LogP contribution in [-0.4, -0.2) is 28.8 Å². The molecule has 0 fully saturated rings. The molecule has 0 aliphatic heterocycles. The normalized spacial score (nSPS) is 4.80. The first-order valence-corrected chi connectivity index (χ1v) is 1.19. The fourth-order valence-corrected chi connectivity index (χ4v) is 0. The number of rotatable bonds is 0. The number of hydrogen-bond acceptors (Lipinski definition) is 1. The summed E-state index contributed by atoms with van der Waals surface area (Å²) < 4.78 is 0. The Morgan fingerprint density at radius 3 is 1.40 bits per heavy atom. The molecule has 5 heavy (non-hydrogen) atoms. The van der Waals surface area contributed by atoms with Crippen molar-refractivity contribution in [3.05, 3.63) is 0 Å².